The van der Waals surface area contributed by atoms with Gasteiger partial charge < -0.3 is 14.9 Å². The Morgan fingerprint density at radius 1 is 1.14 bits per heavy atom. The lowest BCUT2D eigenvalue weighted by molar-refractivity contribution is 0.211. The van der Waals surface area contributed by atoms with Crippen LogP contribution in [0.4, 0.5) is 4.39 Å². The van der Waals surface area contributed by atoms with E-state index in [4.69, 9.17) is 0 Å². The highest BCUT2D eigenvalue weighted by Crippen LogP contribution is 2.09. The molecule has 118 valence electrons. The van der Waals surface area contributed by atoms with Gasteiger partial charge >= 0.3 is 7.12 Å². The van der Waals surface area contributed by atoms with E-state index in [1.807, 2.05) is 14.1 Å². The summed E-state index contributed by atoms with van der Waals surface area (Å²) < 4.78 is 13.6. The fraction of sp³-hybridized carbons (Fsp3) is 0.600. The van der Waals surface area contributed by atoms with Crippen LogP contribution in [0.25, 0.3) is 0 Å². The molecular formula is C15H26BFN2O2. The van der Waals surface area contributed by atoms with Crippen LogP contribution in [0.1, 0.15) is 19.4 Å². The van der Waals surface area contributed by atoms with Gasteiger partial charge in [-0.3, -0.25) is 4.90 Å². The van der Waals surface area contributed by atoms with E-state index in [1.54, 1.807) is 6.07 Å². The van der Waals surface area contributed by atoms with Gasteiger partial charge in [-0.2, -0.15) is 0 Å². The van der Waals surface area contributed by atoms with Gasteiger partial charge in [-0.05, 0) is 43.2 Å². The van der Waals surface area contributed by atoms with E-state index in [1.165, 1.54) is 6.07 Å². The van der Waals surface area contributed by atoms with Gasteiger partial charge in [0, 0.05) is 26.2 Å². The summed E-state index contributed by atoms with van der Waals surface area (Å²) in [5, 5.41) is 18.4. The summed E-state index contributed by atoms with van der Waals surface area (Å²) in [6, 6.07) is 4.26. The standard InChI is InChI=1S/C15H26BFN2O2/c1-12(2)10-19(6-5-18(3)4)11-13-7-14(16(20)21)9-15(17)8-13/h7-9,12,20-21H,5-6,10-11H2,1-4H3. The van der Waals surface area contributed by atoms with E-state index in [0.717, 1.165) is 31.3 Å². The van der Waals surface area contributed by atoms with Gasteiger partial charge in [0.05, 0.1) is 0 Å². The second kappa shape index (κ2) is 8.49. The highest BCUT2D eigenvalue weighted by atomic mass is 19.1. The fourth-order valence-electron chi connectivity index (χ4n) is 2.27. The van der Waals surface area contributed by atoms with Crippen LogP contribution in [0.15, 0.2) is 18.2 Å². The van der Waals surface area contributed by atoms with E-state index >= 15 is 0 Å². The van der Waals surface area contributed by atoms with Crippen LogP contribution in [0, 0.1) is 11.7 Å². The van der Waals surface area contributed by atoms with Crippen molar-refractivity contribution in [2.24, 2.45) is 5.92 Å². The molecule has 1 aromatic rings. The van der Waals surface area contributed by atoms with Crippen LogP contribution in [0.2, 0.25) is 0 Å². The van der Waals surface area contributed by atoms with Gasteiger partial charge in [0.1, 0.15) is 5.82 Å². The molecule has 0 spiro atoms. The molecule has 0 radical (unpaired) electrons. The summed E-state index contributed by atoms with van der Waals surface area (Å²) in [6.45, 7) is 7.63. The normalized spacial score (nSPS) is 11.7. The monoisotopic (exact) mass is 296 g/mol. The third-order valence-corrected chi connectivity index (χ3v) is 3.17. The van der Waals surface area contributed by atoms with Crippen molar-refractivity contribution in [3.8, 4) is 0 Å². The van der Waals surface area contributed by atoms with Crippen LogP contribution in [0.3, 0.4) is 0 Å². The number of likely N-dealkylation sites (N-methyl/N-ethyl adjacent to an activating group) is 1. The van der Waals surface area contributed by atoms with Crippen molar-refractivity contribution < 1.29 is 14.4 Å². The Labute approximate surface area is 127 Å². The average Bonchev–Trinajstić information content (AvgIpc) is 2.34. The molecule has 0 aromatic heterocycles. The largest absolute Gasteiger partial charge is 0.488 e. The lowest BCUT2D eigenvalue weighted by atomic mass is 9.79. The predicted octanol–water partition coefficient (Wildman–Crippen LogP) is 0.525. The number of rotatable bonds is 8. The molecule has 0 amide bonds. The summed E-state index contributed by atoms with van der Waals surface area (Å²) in [6.07, 6.45) is 0. The van der Waals surface area contributed by atoms with Crippen molar-refractivity contribution in [1.82, 2.24) is 9.80 Å². The molecule has 1 rings (SSSR count). The second-order valence-electron chi connectivity index (χ2n) is 6.20. The van der Waals surface area contributed by atoms with Gasteiger partial charge in [0.2, 0.25) is 0 Å². The molecule has 2 N–H and O–H groups in total. The minimum Gasteiger partial charge on any atom is -0.423 e. The maximum atomic E-state index is 13.6. The van der Waals surface area contributed by atoms with Crippen molar-refractivity contribution in [3.63, 3.8) is 0 Å². The Bertz CT molecular complexity index is 442. The van der Waals surface area contributed by atoms with Crippen LogP contribution in [-0.4, -0.2) is 60.7 Å². The first-order valence-corrected chi connectivity index (χ1v) is 7.30. The fourth-order valence-corrected chi connectivity index (χ4v) is 2.27. The summed E-state index contributed by atoms with van der Waals surface area (Å²) in [5.41, 5.74) is 0.958. The van der Waals surface area contributed by atoms with Crippen molar-refractivity contribution in [2.75, 3.05) is 33.7 Å². The van der Waals surface area contributed by atoms with E-state index < -0.39 is 12.9 Å². The molecular weight excluding hydrogens is 270 g/mol. The average molecular weight is 296 g/mol. The van der Waals surface area contributed by atoms with Crippen LogP contribution in [0.5, 0.6) is 0 Å². The Hall–Kier alpha value is -0.945. The maximum absolute atomic E-state index is 13.6. The van der Waals surface area contributed by atoms with Crippen molar-refractivity contribution in [3.05, 3.63) is 29.6 Å². The number of halogens is 1. The van der Waals surface area contributed by atoms with Crippen LogP contribution < -0.4 is 5.46 Å². The first-order valence-electron chi connectivity index (χ1n) is 7.30. The quantitative estimate of drug-likeness (QED) is 0.687. The molecule has 0 atom stereocenters. The highest BCUT2D eigenvalue weighted by molar-refractivity contribution is 6.58. The molecule has 0 saturated heterocycles. The number of hydrogen-bond acceptors (Lipinski definition) is 4. The zero-order chi connectivity index (χ0) is 16.0. The Morgan fingerprint density at radius 2 is 1.81 bits per heavy atom. The summed E-state index contributed by atoms with van der Waals surface area (Å²) in [5.74, 6) is 0.0799. The molecule has 0 bridgehead atoms. The van der Waals surface area contributed by atoms with Crippen LogP contribution >= 0.6 is 0 Å². The molecule has 0 heterocycles. The van der Waals surface area contributed by atoms with Crippen molar-refractivity contribution in [1.29, 1.82) is 0 Å². The third-order valence-electron chi connectivity index (χ3n) is 3.17. The van der Waals surface area contributed by atoms with Gasteiger partial charge in [-0.1, -0.05) is 19.9 Å². The van der Waals surface area contributed by atoms with E-state index in [0.29, 0.717) is 12.5 Å². The number of hydrogen-bond donors (Lipinski definition) is 2. The third kappa shape index (κ3) is 7.04. The first-order chi connectivity index (χ1) is 9.77. The van der Waals surface area contributed by atoms with Gasteiger partial charge in [0.15, 0.2) is 0 Å². The number of benzene rings is 1. The molecule has 4 nitrogen and oxygen atoms in total. The minimum atomic E-state index is -1.64. The zero-order valence-electron chi connectivity index (χ0n) is 13.4. The van der Waals surface area contributed by atoms with Gasteiger partial charge in [-0.25, -0.2) is 4.39 Å². The molecule has 0 aliphatic rings. The Kier molecular flexibility index (Phi) is 7.32. The summed E-state index contributed by atoms with van der Waals surface area (Å²) >= 11 is 0. The molecule has 0 aliphatic carbocycles. The maximum Gasteiger partial charge on any atom is 0.488 e. The van der Waals surface area contributed by atoms with E-state index in [-0.39, 0.29) is 5.46 Å². The van der Waals surface area contributed by atoms with Crippen LogP contribution in [-0.2, 0) is 6.54 Å². The molecule has 1 aromatic carbocycles. The lowest BCUT2D eigenvalue weighted by Crippen LogP contribution is -2.35. The molecule has 0 saturated carbocycles. The SMILES string of the molecule is CC(C)CN(CCN(C)C)Cc1cc(F)cc(B(O)O)c1. The Balaban J connectivity index is 2.81. The predicted molar refractivity (Wildman–Crippen MR) is 84.9 cm³/mol. The molecule has 0 fully saturated rings. The van der Waals surface area contributed by atoms with E-state index in [2.05, 4.69) is 23.6 Å². The van der Waals surface area contributed by atoms with E-state index in [9.17, 15) is 14.4 Å². The molecule has 6 heteroatoms. The molecule has 0 unspecified atom stereocenters. The summed E-state index contributed by atoms with van der Waals surface area (Å²) in [4.78, 5) is 4.37. The van der Waals surface area contributed by atoms with Gasteiger partial charge in [-0.15, -0.1) is 0 Å². The topological polar surface area (TPSA) is 46.9 Å². The molecule has 0 aliphatic heterocycles. The van der Waals surface area contributed by atoms with Gasteiger partial charge in [0.25, 0.3) is 0 Å². The van der Waals surface area contributed by atoms with Crippen molar-refractivity contribution in [2.45, 2.75) is 20.4 Å². The zero-order valence-corrected chi connectivity index (χ0v) is 13.4. The van der Waals surface area contributed by atoms with Crippen molar-refractivity contribution >= 4 is 12.6 Å². The first kappa shape index (κ1) is 18.1. The smallest absolute Gasteiger partial charge is 0.423 e. The lowest BCUT2D eigenvalue weighted by Gasteiger charge is -2.26. The minimum absolute atomic E-state index is 0.196. The molecule has 21 heavy (non-hydrogen) atoms. The summed E-state index contributed by atoms with van der Waals surface area (Å²) in [7, 11) is 2.41. The Morgan fingerprint density at radius 3 is 2.33 bits per heavy atom. The second-order valence-corrected chi connectivity index (χ2v) is 6.20. The highest BCUT2D eigenvalue weighted by Gasteiger charge is 2.15. The number of nitrogens with zero attached hydrogens (tertiary/aromatic N) is 2.